The molecular weight excluding hydrogens is 256 g/mol. The zero-order valence-electron chi connectivity index (χ0n) is 12.3. The molecule has 102 valence electrons. The van der Waals surface area contributed by atoms with E-state index in [9.17, 15) is 0 Å². The highest BCUT2D eigenvalue weighted by molar-refractivity contribution is 5.70. The number of pyridine rings is 2. The van der Waals surface area contributed by atoms with Gasteiger partial charge in [-0.2, -0.15) is 4.57 Å². The molecule has 1 aliphatic rings. The minimum absolute atomic E-state index is 0.938. The molecular formula is C19H17N2+. The number of hydrogen-bond donors (Lipinski definition) is 0. The van der Waals surface area contributed by atoms with Crippen molar-refractivity contribution in [2.75, 3.05) is 0 Å². The molecule has 2 heteroatoms. The van der Waals surface area contributed by atoms with Gasteiger partial charge in [-0.15, -0.1) is 0 Å². The summed E-state index contributed by atoms with van der Waals surface area (Å²) < 4.78 is 2.33. The van der Waals surface area contributed by atoms with Crippen LogP contribution in [-0.4, -0.2) is 4.98 Å². The molecule has 3 heterocycles. The van der Waals surface area contributed by atoms with E-state index in [4.69, 9.17) is 0 Å². The summed E-state index contributed by atoms with van der Waals surface area (Å²) >= 11 is 0. The molecule has 0 spiro atoms. The van der Waals surface area contributed by atoms with E-state index in [1.165, 1.54) is 33.5 Å². The highest BCUT2D eigenvalue weighted by atomic mass is 15.0. The van der Waals surface area contributed by atoms with Gasteiger partial charge in [-0.3, -0.25) is 4.98 Å². The average molecular weight is 273 g/mol. The molecule has 0 atom stereocenters. The summed E-state index contributed by atoms with van der Waals surface area (Å²) in [6, 6.07) is 15.1. The van der Waals surface area contributed by atoms with Gasteiger partial charge in [-0.25, -0.2) is 0 Å². The Bertz CT molecular complexity index is 850. The van der Waals surface area contributed by atoms with Gasteiger partial charge in [-0.05, 0) is 37.1 Å². The second-order valence-electron chi connectivity index (χ2n) is 5.68. The van der Waals surface area contributed by atoms with Crippen LogP contribution in [-0.2, 0) is 6.54 Å². The molecule has 0 radical (unpaired) electrons. The molecule has 2 aromatic heterocycles. The third kappa shape index (κ3) is 1.87. The number of fused-ring (bicyclic) bond motifs is 3. The van der Waals surface area contributed by atoms with E-state index in [1.54, 1.807) is 0 Å². The van der Waals surface area contributed by atoms with E-state index in [-0.39, 0.29) is 0 Å². The van der Waals surface area contributed by atoms with Gasteiger partial charge in [0.1, 0.15) is 0 Å². The monoisotopic (exact) mass is 273 g/mol. The molecule has 4 rings (SSSR count). The Balaban J connectivity index is 1.87. The van der Waals surface area contributed by atoms with E-state index in [2.05, 4.69) is 72.1 Å². The molecule has 0 N–H and O–H groups in total. The van der Waals surface area contributed by atoms with E-state index in [1.807, 2.05) is 6.20 Å². The summed E-state index contributed by atoms with van der Waals surface area (Å²) in [7, 11) is 0. The van der Waals surface area contributed by atoms with E-state index >= 15 is 0 Å². The number of rotatable bonds is 1. The number of nitrogens with zero attached hydrogens (tertiary/aromatic N) is 2. The molecule has 21 heavy (non-hydrogen) atoms. The Kier molecular flexibility index (Phi) is 2.64. The van der Waals surface area contributed by atoms with Crippen molar-refractivity contribution in [1.82, 2.24) is 4.98 Å². The first kappa shape index (κ1) is 12.3. The second-order valence-corrected chi connectivity index (χ2v) is 5.68. The summed E-state index contributed by atoms with van der Waals surface area (Å²) in [5.41, 5.74) is 8.94. The third-order valence-corrected chi connectivity index (χ3v) is 4.30. The fraction of sp³-hybridized carbons (Fsp3) is 0.158. The maximum Gasteiger partial charge on any atom is 0.215 e. The van der Waals surface area contributed by atoms with Crippen molar-refractivity contribution in [3.05, 3.63) is 71.7 Å². The first-order chi connectivity index (χ1) is 10.2. The van der Waals surface area contributed by atoms with Crippen LogP contribution in [0.1, 0.15) is 16.8 Å². The van der Waals surface area contributed by atoms with Gasteiger partial charge in [0, 0.05) is 23.4 Å². The van der Waals surface area contributed by atoms with Gasteiger partial charge >= 0.3 is 0 Å². The van der Waals surface area contributed by atoms with Crippen molar-refractivity contribution in [3.8, 4) is 22.4 Å². The molecule has 0 amide bonds. The summed E-state index contributed by atoms with van der Waals surface area (Å²) in [5.74, 6) is 0. The first-order valence-electron chi connectivity index (χ1n) is 7.28. The predicted molar refractivity (Wildman–Crippen MR) is 83.9 cm³/mol. The fourth-order valence-corrected chi connectivity index (χ4v) is 3.24. The van der Waals surface area contributed by atoms with Crippen molar-refractivity contribution < 1.29 is 4.57 Å². The Morgan fingerprint density at radius 3 is 2.71 bits per heavy atom. The molecule has 0 saturated carbocycles. The molecule has 0 unspecified atom stereocenters. The molecule has 0 fully saturated rings. The molecule has 3 aromatic rings. The predicted octanol–water partition coefficient (Wildman–Crippen LogP) is 3.68. The zero-order chi connectivity index (χ0) is 14.4. The Hall–Kier alpha value is -2.48. The maximum atomic E-state index is 4.43. The molecule has 0 aliphatic carbocycles. The van der Waals surface area contributed by atoms with Crippen LogP contribution in [0.2, 0.25) is 0 Å². The standard InChI is InChI=1S/C19H17N2/c1-13-5-3-4-6-17(13)15-7-8-18-19-14(2)20-10-9-16(19)12-21(18)11-15/h3-11H,12H2,1-2H3/q+1. The van der Waals surface area contributed by atoms with Crippen LogP contribution >= 0.6 is 0 Å². The lowest BCUT2D eigenvalue weighted by molar-refractivity contribution is -0.671. The fourth-order valence-electron chi connectivity index (χ4n) is 3.24. The zero-order valence-corrected chi connectivity index (χ0v) is 12.3. The first-order valence-corrected chi connectivity index (χ1v) is 7.28. The minimum atomic E-state index is 0.938. The van der Waals surface area contributed by atoms with Crippen molar-refractivity contribution in [1.29, 1.82) is 0 Å². The number of aromatic nitrogens is 2. The van der Waals surface area contributed by atoms with Gasteiger partial charge < -0.3 is 0 Å². The van der Waals surface area contributed by atoms with Crippen LogP contribution in [0.5, 0.6) is 0 Å². The number of hydrogen-bond acceptors (Lipinski definition) is 1. The van der Waals surface area contributed by atoms with Crippen molar-refractivity contribution >= 4 is 0 Å². The van der Waals surface area contributed by atoms with Crippen LogP contribution in [0.3, 0.4) is 0 Å². The Morgan fingerprint density at radius 1 is 1.00 bits per heavy atom. The van der Waals surface area contributed by atoms with E-state index in [0.717, 1.165) is 12.2 Å². The largest absolute Gasteiger partial charge is 0.261 e. The minimum Gasteiger partial charge on any atom is -0.261 e. The van der Waals surface area contributed by atoms with Crippen LogP contribution in [0.25, 0.3) is 22.4 Å². The third-order valence-electron chi connectivity index (χ3n) is 4.30. The molecule has 1 aromatic carbocycles. The van der Waals surface area contributed by atoms with Crippen LogP contribution < -0.4 is 4.57 Å². The smallest absolute Gasteiger partial charge is 0.215 e. The van der Waals surface area contributed by atoms with Gasteiger partial charge in [-0.1, -0.05) is 24.3 Å². The van der Waals surface area contributed by atoms with E-state index in [0.29, 0.717) is 0 Å². The SMILES string of the molecule is Cc1ccccc1-c1ccc2[n+](c1)Cc1ccnc(C)c1-2. The maximum absolute atomic E-state index is 4.43. The normalized spacial score (nSPS) is 12.1. The quantitative estimate of drug-likeness (QED) is 0.483. The van der Waals surface area contributed by atoms with Crippen LogP contribution in [0.4, 0.5) is 0 Å². The van der Waals surface area contributed by atoms with Gasteiger partial charge in [0.05, 0.1) is 11.3 Å². The topological polar surface area (TPSA) is 16.8 Å². The van der Waals surface area contributed by atoms with Crippen molar-refractivity contribution in [2.24, 2.45) is 0 Å². The Labute approximate surface area is 124 Å². The lowest BCUT2D eigenvalue weighted by atomic mass is 10.0. The van der Waals surface area contributed by atoms with Gasteiger partial charge in [0.15, 0.2) is 12.7 Å². The second kappa shape index (κ2) is 4.52. The molecule has 1 aliphatic heterocycles. The van der Waals surface area contributed by atoms with Crippen LogP contribution in [0.15, 0.2) is 54.9 Å². The van der Waals surface area contributed by atoms with Crippen molar-refractivity contribution in [3.63, 3.8) is 0 Å². The highest BCUT2D eigenvalue weighted by Gasteiger charge is 2.28. The molecule has 2 nitrogen and oxygen atoms in total. The highest BCUT2D eigenvalue weighted by Crippen LogP contribution is 2.30. The summed E-state index contributed by atoms with van der Waals surface area (Å²) in [4.78, 5) is 4.43. The lowest BCUT2D eigenvalue weighted by Crippen LogP contribution is -2.32. The number of benzene rings is 1. The number of aryl methyl sites for hydroxylation is 2. The molecule has 0 saturated heterocycles. The average Bonchev–Trinajstić information content (AvgIpc) is 2.86. The van der Waals surface area contributed by atoms with Crippen LogP contribution in [0, 0.1) is 13.8 Å². The summed E-state index contributed by atoms with van der Waals surface area (Å²) in [6.07, 6.45) is 4.17. The van der Waals surface area contributed by atoms with E-state index < -0.39 is 0 Å². The van der Waals surface area contributed by atoms with Crippen molar-refractivity contribution in [2.45, 2.75) is 20.4 Å². The lowest BCUT2D eigenvalue weighted by Gasteiger charge is -2.05. The molecule has 0 bridgehead atoms. The van der Waals surface area contributed by atoms with Gasteiger partial charge in [0.25, 0.3) is 0 Å². The summed E-state index contributed by atoms with van der Waals surface area (Å²) in [5, 5.41) is 0. The van der Waals surface area contributed by atoms with Gasteiger partial charge in [0.2, 0.25) is 5.69 Å². The summed E-state index contributed by atoms with van der Waals surface area (Å²) in [6.45, 7) is 5.19. The Morgan fingerprint density at radius 2 is 1.86 bits per heavy atom.